The second-order valence-electron chi connectivity index (χ2n) is 4.64. The molecule has 0 radical (unpaired) electrons. The van der Waals surface area contributed by atoms with E-state index >= 15 is 0 Å². The molecule has 1 saturated carbocycles. The first-order valence-corrected chi connectivity index (χ1v) is 5.33. The Labute approximate surface area is 85.2 Å². The Morgan fingerprint density at radius 3 is 2.71 bits per heavy atom. The van der Waals surface area contributed by atoms with E-state index in [9.17, 15) is 4.79 Å². The maximum absolute atomic E-state index is 11.8. The van der Waals surface area contributed by atoms with Gasteiger partial charge < -0.3 is 9.80 Å². The highest BCUT2D eigenvalue weighted by Crippen LogP contribution is 2.39. The van der Waals surface area contributed by atoms with E-state index in [0.717, 1.165) is 39.0 Å². The highest BCUT2D eigenvalue weighted by atomic mass is 16.2. The van der Waals surface area contributed by atoms with Crippen LogP contribution in [0.4, 0.5) is 0 Å². The number of carbonyl (C=O) groups excluding carboxylic acids is 1. The molecule has 1 saturated heterocycles. The SMILES string of the molecule is CN(C)CCCN1CNC2(CC2)C1=O. The van der Waals surface area contributed by atoms with Crippen LogP contribution in [-0.4, -0.2) is 55.1 Å². The van der Waals surface area contributed by atoms with Crippen LogP contribution < -0.4 is 5.32 Å². The molecule has 1 heterocycles. The van der Waals surface area contributed by atoms with Gasteiger partial charge in [-0.1, -0.05) is 0 Å². The number of nitrogens with one attached hydrogen (secondary N) is 1. The molecule has 0 aromatic carbocycles. The van der Waals surface area contributed by atoms with Crippen molar-refractivity contribution in [1.29, 1.82) is 0 Å². The number of amides is 1. The van der Waals surface area contributed by atoms with Crippen molar-refractivity contribution in [3.8, 4) is 0 Å². The van der Waals surface area contributed by atoms with E-state index in [-0.39, 0.29) is 5.54 Å². The van der Waals surface area contributed by atoms with Crippen molar-refractivity contribution in [2.75, 3.05) is 33.9 Å². The molecule has 0 atom stereocenters. The summed E-state index contributed by atoms with van der Waals surface area (Å²) < 4.78 is 0. The van der Waals surface area contributed by atoms with Gasteiger partial charge in [-0.05, 0) is 39.9 Å². The van der Waals surface area contributed by atoms with E-state index < -0.39 is 0 Å². The minimum Gasteiger partial charge on any atom is -0.328 e. The van der Waals surface area contributed by atoms with Crippen LogP contribution in [0.1, 0.15) is 19.3 Å². The fraction of sp³-hybridized carbons (Fsp3) is 0.900. The Balaban J connectivity index is 1.74. The molecule has 1 aliphatic heterocycles. The van der Waals surface area contributed by atoms with Gasteiger partial charge in [-0.3, -0.25) is 10.1 Å². The number of rotatable bonds is 4. The fourth-order valence-electron chi connectivity index (χ4n) is 1.97. The van der Waals surface area contributed by atoms with E-state index in [1.807, 2.05) is 4.90 Å². The predicted molar refractivity (Wildman–Crippen MR) is 54.9 cm³/mol. The van der Waals surface area contributed by atoms with Crippen LogP contribution in [0.5, 0.6) is 0 Å². The third kappa shape index (κ3) is 1.77. The second kappa shape index (κ2) is 3.51. The van der Waals surface area contributed by atoms with E-state index in [2.05, 4.69) is 24.3 Å². The summed E-state index contributed by atoms with van der Waals surface area (Å²) in [5, 5.41) is 3.31. The van der Waals surface area contributed by atoms with E-state index in [1.165, 1.54) is 0 Å². The highest BCUT2D eigenvalue weighted by Gasteiger charge is 2.55. The molecule has 80 valence electrons. The number of hydrogen-bond acceptors (Lipinski definition) is 3. The topological polar surface area (TPSA) is 35.6 Å². The Morgan fingerprint density at radius 2 is 2.21 bits per heavy atom. The van der Waals surface area contributed by atoms with Gasteiger partial charge in [0.15, 0.2) is 0 Å². The molecule has 2 fully saturated rings. The standard InChI is InChI=1S/C10H19N3O/c1-12(2)6-3-7-13-8-11-10(4-5-10)9(13)14/h11H,3-8H2,1-2H3. The van der Waals surface area contributed by atoms with Crippen LogP contribution in [0.3, 0.4) is 0 Å². The summed E-state index contributed by atoms with van der Waals surface area (Å²) in [7, 11) is 4.12. The molecule has 1 N–H and O–H groups in total. The molecular formula is C10H19N3O. The lowest BCUT2D eigenvalue weighted by molar-refractivity contribution is -0.129. The first kappa shape index (κ1) is 9.93. The normalized spacial score (nSPS) is 23.9. The Morgan fingerprint density at radius 1 is 1.50 bits per heavy atom. The van der Waals surface area contributed by atoms with Gasteiger partial charge >= 0.3 is 0 Å². The third-order valence-electron chi connectivity index (χ3n) is 3.09. The summed E-state index contributed by atoms with van der Waals surface area (Å²) in [6.07, 6.45) is 3.14. The monoisotopic (exact) mass is 197 g/mol. The average Bonchev–Trinajstić information content (AvgIpc) is 2.84. The van der Waals surface area contributed by atoms with Crippen molar-refractivity contribution in [2.24, 2.45) is 0 Å². The van der Waals surface area contributed by atoms with Crippen LogP contribution in [0.25, 0.3) is 0 Å². The molecule has 1 aliphatic carbocycles. The van der Waals surface area contributed by atoms with E-state index in [4.69, 9.17) is 0 Å². The summed E-state index contributed by atoms with van der Waals surface area (Å²) >= 11 is 0. The molecule has 0 unspecified atom stereocenters. The van der Waals surface area contributed by atoms with Gasteiger partial charge in [-0.25, -0.2) is 0 Å². The minimum absolute atomic E-state index is 0.113. The quantitative estimate of drug-likeness (QED) is 0.681. The molecule has 0 bridgehead atoms. The maximum atomic E-state index is 11.8. The lowest BCUT2D eigenvalue weighted by Crippen LogP contribution is -2.33. The van der Waals surface area contributed by atoms with Crippen molar-refractivity contribution in [3.63, 3.8) is 0 Å². The molecule has 4 heteroatoms. The third-order valence-corrected chi connectivity index (χ3v) is 3.09. The van der Waals surface area contributed by atoms with E-state index in [0.29, 0.717) is 5.91 Å². The fourth-order valence-corrected chi connectivity index (χ4v) is 1.97. The first-order valence-electron chi connectivity index (χ1n) is 5.33. The predicted octanol–water partition coefficient (Wildman–Crippen LogP) is -0.140. The van der Waals surface area contributed by atoms with Crippen molar-refractivity contribution in [3.05, 3.63) is 0 Å². The maximum Gasteiger partial charge on any atom is 0.243 e. The smallest absolute Gasteiger partial charge is 0.243 e. The molecule has 1 spiro atoms. The second-order valence-corrected chi connectivity index (χ2v) is 4.64. The Kier molecular flexibility index (Phi) is 2.49. The lowest BCUT2D eigenvalue weighted by Gasteiger charge is -2.16. The molecule has 0 aromatic heterocycles. The lowest BCUT2D eigenvalue weighted by atomic mass is 10.2. The molecule has 2 rings (SSSR count). The van der Waals surface area contributed by atoms with Gasteiger partial charge in [0, 0.05) is 6.54 Å². The van der Waals surface area contributed by atoms with Crippen LogP contribution in [0.2, 0.25) is 0 Å². The summed E-state index contributed by atoms with van der Waals surface area (Å²) in [6, 6.07) is 0. The van der Waals surface area contributed by atoms with Crippen molar-refractivity contribution < 1.29 is 4.79 Å². The molecule has 1 amide bonds. The van der Waals surface area contributed by atoms with Crippen LogP contribution >= 0.6 is 0 Å². The van der Waals surface area contributed by atoms with Crippen LogP contribution in [0, 0.1) is 0 Å². The zero-order valence-electron chi connectivity index (χ0n) is 9.05. The molecule has 2 aliphatic rings. The molecular weight excluding hydrogens is 178 g/mol. The summed E-state index contributed by atoms with van der Waals surface area (Å²) in [5.74, 6) is 0.330. The molecule has 0 aromatic rings. The van der Waals surface area contributed by atoms with Gasteiger partial charge in [-0.2, -0.15) is 0 Å². The minimum atomic E-state index is -0.113. The molecule has 14 heavy (non-hydrogen) atoms. The molecule has 4 nitrogen and oxygen atoms in total. The van der Waals surface area contributed by atoms with Crippen LogP contribution in [0.15, 0.2) is 0 Å². The van der Waals surface area contributed by atoms with Gasteiger partial charge in [0.25, 0.3) is 0 Å². The van der Waals surface area contributed by atoms with Gasteiger partial charge in [0.05, 0.1) is 12.2 Å². The van der Waals surface area contributed by atoms with Gasteiger partial charge in [0.1, 0.15) is 0 Å². The highest BCUT2D eigenvalue weighted by molar-refractivity contribution is 5.91. The van der Waals surface area contributed by atoms with Crippen molar-refractivity contribution in [2.45, 2.75) is 24.8 Å². The van der Waals surface area contributed by atoms with Crippen LogP contribution in [-0.2, 0) is 4.79 Å². The summed E-state index contributed by atoms with van der Waals surface area (Å²) in [4.78, 5) is 15.9. The van der Waals surface area contributed by atoms with Crippen molar-refractivity contribution >= 4 is 5.91 Å². The Bertz CT molecular complexity index is 236. The summed E-state index contributed by atoms with van der Waals surface area (Å²) in [5.41, 5.74) is -0.113. The largest absolute Gasteiger partial charge is 0.328 e. The summed E-state index contributed by atoms with van der Waals surface area (Å²) in [6.45, 7) is 2.70. The Hall–Kier alpha value is -0.610. The van der Waals surface area contributed by atoms with Gasteiger partial charge in [-0.15, -0.1) is 0 Å². The zero-order chi connectivity index (χ0) is 10.2. The number of hydrogen-bond donors (Lipinski definition) is 1. The average molecular weight is 197 g/mol. The first-order chi connectivity index (χ1) is 6.64. The number of carbonyl (C=O) groups is 1. The zero-order valence-corrected chi connectivity index (χ0v) is 9.05. The van der Waals surface area contributed by atoms with Crippen molar-refractivity contribution in [1.82, 2.24) is 15.1 Å². The van der Waals surface area contributed by atoms with E-state index in [1.54, 1.807) is 0 Å². The van der Waals surface area contributed by atoms with Gasteiger partial charge in [0.2, 0.25) is 5.91 Å². The number of nitrogens with zero attached hydrogens (tertiary/aromatic N) is 2.